The van der Waals surface area contributed by atoms with Crippen LogP contribution < -0.4 is 10.6 Å². The molecule has 0 aliphatic carbocycles. The topological polar surface area (TPSA) is 15.8 Å². The first kappa shape index (κ1) is 20.1. The van der Waals surface area contributed by atoms with Crippen LogP contribution in [-0.2, 0) is 6.42 Å². The van der Waals surface area contributed by atoms with Gasteiger partial charge in [0.2, 0.25) is 0 Å². The lowest BCUT2D eigenvalue weighted by atomic mass is 10.0. The third-order valence-corrected chi connectivity index (χ3v) is 4.91. The molecule has 2 aromatic carbocycles. The fraction of sp³-hybridized carbons (Fsp3) is 0.167. The van der Waals surface area contributed by atoms with Crippen molar-refractivity contribution in [2.24, 2.45) is 0 Å². The highest BCUT2D eigenvalue weighted by atomic mass is 35.5. The normalized spacial score (nSPS) is 12.6. The second kappa shape index (κ2) is 9.03. The summed E-state index contributed by atoms with van der Waals surface area (Å²) in [5.74, 6) is -0.655. The zero-order valence-electron chi connectivity index (χ0n) is 15.7. The number of allylic oxidation sites excluding steroid dienone is 1. The lowest BCUT2D eigenvalue weighted by Crippen LogP contribution is -2.21. The molecular weight excluding hydrogens is 376 g/mol. The van der Waals surface area contributed by atoms with Gasteiger partial charge in [-0.1, -0.05) is 48.0 Å². The maximum absolute atomic E-state index is 13.5. The summed E-state index contributed by atoms with van der Waals surface area (Å²) >= 11 is 5.83. The van der Waals surface area contributed by atoms with Crippen LogP contribution >= 0.6 is 11.6 Å². The van der Waals surface area contributed by atoms with Gasteiger partial charge in [0.1, 0.15) is 11.6 Å². The number of benzene rings is 2. The van der Waals surface area contributed by atoms with Crippen molar-refractivity contribution in [2.45, 2.75) is 26.2 Å². The third kappa shape index (κ3) is 4.99. The molecule has 0 spiro atoms. The molecule has 1 heterocycles. The lowest BCUT2D eigenvalue weighted by molar-refractivity contribution is 0.627. The van der Waals surface area contributed by atoms with Gasteiger partial charge < -0.3 is 4.98 Å². The van der Waals surface area contributed by atoms with Crippen LogP contribution in [0, 0.1) is 11.6 Å². The smallest absolute Gasteiger partial charge is 0.141 e. The monoisotopic (exact) mass is 397 g/mol. The van der Waals surface area contributed by atoms with Gasteiger partial charge in [0.05, 0.1) is 5.02 Å². The van der Waals surface area contributed by atoms with Crippen molar-refractivity contribution in [2.75, 3.05) is 0 Å². The van der Waals surface area contributed by atoms with Crippen LogP contribution in [0.25, 0.3) is 23.4 Å². The van der Waals surface area contributed by atoms with Crippen LogP contribution in [0.15, 0.2) is 60.7 Å². The predicted octanol–water partition coefficient (Wildman–Crippen LogP) is 5.77. The molecule has 0 fully saturated rings. The molecule has 1 aromatic heterocycles. The number of aromatic nitrogens is 1. The van der Waals surface area contributed by atoms with Crippen LogP contribution in [0.3, 0.4) is 0 Å². The molecule has 0 bridgehead atoms. The highest BCUT2D eigenvalue weighted by Gasteiger charge is 2.04. The Labute approximate surface area is 168 Å². The zero-order chi connectivity index (χ0) is 20.1. The first-order valence-electron chi connectivity index (χ1n) is 9.21. The quantitative estimate of drug-likeness (QED) is 0.543. The number of nitrogens with one attached hydrogen (secondary N) is 1. The van der Waals surface area contributed by atoms with Gasteiger partial charge in [0.15, 0.2) is 0 Å². The summed E-state index contributed by atoms with van der Waals surface area (Å²) in [5.41, 5.74) is 3.67. The number of aromatic amines is 1. The van der Waals surface area contributed by atoms with E-state index in [1.54, 1.807) is 18.2 Å². The van der Waals surface area contributed by atoms with Gasteiger partial charge in [0, 0.05) is 16.6 Å². The van der Waals surface area contributed by atoms with Crippen LogP contribution in [0.2, 0.25) is 5.02 Å². The minimum absolute atomic E-state index is 0.155. The third-order valence-electron chi connectivity index (χ3n) is 4.62. The summed E-state index contributed by atoms with van der Waals surface area (Å²) in [5, 5.41) is 2.16. The summed E-state index contributed by atoms with van der Waals surface area (Å²) in [4.78, 5) is 3.36. The molecule has 4 heteroatoms. The second-order valence-corrected chi connectivity index (χ2v) is 7.16. The maximum Gasteiger partial charge on any atom is 0.141 e. The Hall–Kier alpha value is -2.65. The fourth-order valence-electron chi connectivity index (χ4n) is 3.15. The molecule has 0 amide bonds. The van der Waals surface area contributed by atoms with Crippen molar-refractivity contribution in [3.05, 3.63) is 93.5 Å². The number of hydrogen-bond acceptors (Lipinski definition) is 0. The molecule has 28 heavy (non-hydrogen) atoms. The lowest BCUT2D eigenvalue weighted by Gasteiger charge is -2.03. The van der Waals surface area contributed by atoms with Crippen LogP contribution in [0.4, 0.5) is 8.78 Å². The summed E-state index contributed by atoms with van der Waals surface area (Å²) < 4.78 is 26.7. The molecule has 1 nitrogen and oxygen atoms in total. The average Bonchev–Trinajstić information content (AvgIpc) is 3.07. The van der Waals surface area contributed by atoms with Crippen molar-refractivity contribution in [3.8, 4) is 11.3 Å². The summed E-state index contributed by atoms with van der Waals surface area (Å²) in [6.45, 7) is 6.12. The molecule has 0 atom stereocenters. The standard InChI is InChI=1S/C24H22ClF2N/c1-3-18-15-24(19-8-5-9-20(26)14-19)28-23(18)12-16(2)6-4-7-17-10-11-22(27)21(25)13-17/h3,5,8-15,28H,2,4,6-7H2,1H3/b18-3-,23-12+. The summed E-state index contributed by atoms with van der Waals surface area (Å²) in [6, 6.07) is 13.4. The highest BCUT2D eigenvalue weighted by Crippen LogP contribution is 2.18. The van der Waals surface area contributed by atoms with Crippen molar-refractivity contribution in [1.82, 2.24) is 4.98 Å². The van der Waals surface area contributed by atoms with E-state index in [4.69, 9.17) is 11.6 Å². The molecule has 0 aliphatic heterocycles. The Bertz CT molecular complexity index is 1110. The fourth-order valence-corrected chi connectivity index (χ4v) is 3.35. The van der Waals surface area contributed by atoms with E-state index in [-0.39, 0.29) is 10.8 Å². The SMILES string of the molecule is C=C(/C=c1/[nH]c(-c2cccc(F)c2)c/c1=C/C)CCCc1ccc(F)c(Cl)c1. The second-order valence-electron chi connectivity index (χ2n) is 6.76. The molecule has 0 saturated carbocycles. The molecule has 3 rings (SSSR count). The number of rotatable bonds is 6. The molecule has 144 valence electrons. The van der Waals surface area contributed by atoms with E-state index in [0.717, 1.165) is 52.2 Å². The number of aryl methyl sites for hydroxylation is 1. The molecule has 0 aliphatic rings. The Balaban J connectivity index is 1.71. The Kier molecular flexibility index (Phi) is 6.48. The van der Waals surface area contributed by atoms with E-state index in [0.29, 0.717) is 0 Å². The van der Waals surface area contributed by atoms with Gasteiger partial charge in [0.25, 0.3) is 0 Å². The van der Waals surface area contributed by atoms with Crippen molar-refractivity contribution >= 4 is 23.8 Å². The van der Waals surface area contributed by atoms with E-state index < -0.39 is 5.82 Å². The van der Waals surface area contributed by atoms with Crippen LogP contribution in [0.5, 0.6) is 0 Å². The predicted molar refractivity (Wildman–Crippen MR) is 114 cm³/mol. The van der Waals surface area contributed by atoms with Crippen molar-refractivity contribution in [1.29, 1.82) is 0 Å². The summed E-state index contributed by atoms with van der Waals surface area (Å²) in [7, 11) is 0. The van der Waals surface area contributed by atoms with Gasteiger partial charge in [-0.3, -0.25) is 0 Å². The van der Waals surface area contributed by atoms with Crippen molar-refractivity contribution < 1.29 is 8.78 Å². The van der Waals surface area contributed by atoms with Gasteiger partial charge in [-0.15, -0.1) is 0 Å². The molecule has 0 radical (unpaired) electrons. The Morgan fingerprint density at radius 3 is 2.68 bits per heavy atom. The van der Waals surface area contributed by atoms with E-state index in [1.807, 2.05) is 31.2 Å². The number of H-pyrrole nitrogens is 1. The van der Waals surface area contributed by atoms with Crippen LogP contribution in [0.1, 0.15) is 25.3 Å². The zero-order valence-corrected chi connectivity index (χ0v) is 16.5. The minimum Gasteiger partial charge on any atom is -0.355 e. The van der Waals surface area contributed by atoms with Gasteiger partial charge in [-0.05, 0) is 73.4 Å². The maximum atomic E-state index is 13.5. The van der Waals surface area contributed by atoms with Gasteiger partial charge >= 0.3 is 0 Å². The Morgan fingerprint density at radius 2 is 1.96 bits per heavy atom. The Morgan fingerprint density at radius 1 is 1.14 bits per heavy atom. The van der Waals surface area contributed by atoms with Crippen LogP contribution in [-0.4, -0.2) is 4.98 Å². The van der Waals surface area contributed by atoms with Crippen molar-refractivity contribution in [3.63, 3.8) is 0 Å². The van der Waals surface area contributed by atoms with E-state index in [2.05, 4.69) is 11.6 Å². The molecule has 0 saturated heterocycles. The number of hydrogen-bond donors (Lipinski definition) is 1. The first-order chi connectivity index (χ1) is 13.5. The van der Waals surface area contributed by atoms with E-state index >= 15 is 0 Å². The minimum atomic E-state index is -0.396. The molecule has 0 unspecified atom stereocenters. The first-order valence-corrected chi connectivity index (χ1v) is 9.59. The largest absolute Gasteiger partial charge is 0.355 e. The van der Waals surface area contributed by atoms with Gasteiger partial charge in [-0.25, -0.2) is 8.78 Å². The molecule has 1 N–H and O–H groups in total. The summed E-state index contributed by atoms with van der Waals surface area (Å²) in [6.07, 6.45) is 6.54. The molecular formula is C24H22ClF2N. The van der Waals surface area contributed by atoms with E-state index in [9.17, 15) is 8.78 Å². The number of halogens is 3. The molecule has 3 aromatic rings. The van der Waals surface area contributed by atoms with Gasteiger partial charge in [-0.2, -0.15) is 0 Å². The highest BCUT2D eigenvalue weighted by molar-refractivity contribution is 6.30. The van der Waals surface area contributed by atoms with E-state index in [1.165, 1.54) is 18.2 Å². The average molecular weight is 398 g/mol.